The van der Waals surface area contributed by atoms with Crippen molar-refractivity contribution >= 4 is 44.4 Å². The highest BCUT2D eigenvalue weighted by Crippen LogP contribution is 2.36. The SMILES string of the molecule is O=[N+]([O-])c1ccc(Sc2n[nH]c(-c3cc(Br)ccc3O)n2)c2nonc12. The molecule has 0 aliphatic heterocycles. The Hall–Kier alpha value is -2.99. The molecule has 130 valence electrons. The van der Waals surface area contributed by atoms with Crippen LogP contribution in [0.15, 0.2) is 49.5 Å². The molecule has 4 aromatic rings. The van der Waals surface area contributed by atoms with Crippen LogP contribution in [-0.2, 0) is 0 Å². The van der Waals surface area contributed by atoms with Crippen LogP contribution in [0.1, 0.15) is 0 Å². The Bertz CT molecular complexity index is 1140. The Balaban J connectivity index is 1.69. The molecule has 0 atom stereocenters. The number of benzene rings is 2. The maximum absolute atomic E-state index is 11.0. The van der Waals surface area contributed by atoms with E-state index in [0.717, 1.165) is 16.2 Å². The number of nitrogens with one attached hydrogen (secondary N) is 1. The summed E-state index contributed by atoms with van der Waals surface area (Å²) in [6.45, 7) is 0. The van der Waals surface area contributed by atoms with Gasteiger partial charge in [0.2, 0.25) is 10.7 Å². The molecule has 12 heteroatoms. The molecule has 0 spiro atoms. The second kappa shape index (κ2) is 6.38. The summed E-state index contributed by atoms with van der Waals surface area (Å²) in [5, 5.41) is 35.5. The van der Waals surface area contributed by atoms with Gasteiger partial charge in [-0.05, 0) is 46.3 Å². The van der Waals surface area contributed by atoms with Gasteiger partial charge in [0.15, 0.2) is 11.3 Å². The van der Waals surface area contributed by atoms with E-state index in [2.05, 4.69) is 46.1 Å². The predicted octanol–water partition coefficient (Wildman–Crippen LogP) is 3.54. The van der Waals surface area contributed by atoms with Gasteiger partial charge in [-0.25, -0.2) is 9.61 Å². The number of H-pyrrole nitrogens is 1. The largest absolute Gasteiger partial charge is 0.507 e. The molecule has 4 rings (SSSR count). The number of phenols is 1. The number of phenolic OH excluding ortho intramolecular Hbond substituents is 1. The lowest BCUT2D eigenvalue weighted by atomic mass is 10.2. The summed E-state index contributed by atoms with van der Waals surface area (Å²) in [5.41, 5.74) is 0.595. The second-order valence-electron chi connectivity index (χ2n) is 5.03. The van der Waals surface area contributed by atoms with E-state index in [0.29, 0.717) is 21.4 Å². The highest BCUT2D eigenvalue weighted by Gasteiger charge is 2.21. The average Bonchev–Trinajstić information content (AvgIpc) is 3.26. The summed E-state index contributed by atoms with van der Waals surface area (Å²) < 4.78 is 5.41. The van der Waals surface area contributed by atoms with Gasteiger partial charge in [0.1, 0.15) is 5.75 Å². The average molecular weight is 435 g/mol. The lowest BCUT2D eigenvalue weighted by Gasteiger charge is -2.00. The van der Waals surface area contributed by atoms with E-state index in [-0.39, 0.29) is 22.5 Å². The number of nitrogens with zero attached hydrogens (tertiary/aromatic N) is 5. The Morgan fingerprint density at radius 3 is 2.85 bits per heavy atom. The van der Waals surface area contributed by atoms with Gasteiger partial charge in [-0.3, -0.25) is 15.2 Å². The first-order chi connectivity index (χ1) is 12.5. The van der Waals surface area contributed by atoms with E-state index in [1.54, 1.807) is 12.1 Å². The summed E-state index contributed by atoms with van der Waals surface area (Å²) in [6.07, 6.45) is 0. The molecule has 0 fully saturated rings. The molecule has 0 amide bonds. The first-order valence-electron chi connectivity index (χ1n) is 7.02. The highest BCUT2D eigenvalue weighted by atomic mass is 79.9. The van der Waals surface area contributed by atoms with Crippen LogP contribution in [0.4, 0.5) is 5.69 Å². The maximum atomic E-state index is 11.0. The lowest BCUT2D eigenvalue weighted by molar-refractivity contribution is -0.383. The van der Waals surface area contributed by atoms with E-state index >= 15 is 0 Å². The Kier molecular flexibility index (Phi) is 4.05. The number of aromatic nitrogens is 5. The first-order valence-corrected chi connectivity index (χ1v) is 8.62. The zero-order chi connectivity index (χ0) is 18.3. The van der Waals surface area contributed by atoms with Crippen molar-refractivity contribution in [2.45, 2.75) is 10.1 Å². The second-order valence-corrected chi connectivity index (χ2v) is 6.96. The molecule has 26 heavy (non-hydrogen) atoms. The van der Waals surface area contributed by atoms with Crippen LogP contribution in [0.25, 0.3) is 22.4 Å². The van der Waals surface area contributed by atoms with Gasteiger partial charge in [-0.2, -0.15) is 0 Å². The van der Waals surface area contributed by atoms with E-state index in [9.17, 15) is 15.2 Å². The number of hydrogen-bond acceptors (Lipinski definition) is 9. The van der Waals surface area contributed by atoms with Crippen molar-refractivity contribution in [3.05, 3.63) is 44.9 Å². The summed E-state index contributed by atoms with van der Waals surface area (Å²) in [6, 6.07) is 7.80. The van der Waals surface area contributed by atoms with Crippen LogP contribution >= 0.6 is 27.7 Å². The molecule has 2 N–H and O–H groups in total. The van der Waals surface area contributed by atoms with Crippen molar-refractivity contribution in [2.24, 2.45) is 0 Å². The van der Waals surface area contributed by atoms with Crippen molar-refractivity contribution in [3.63, 3.8) is 0 Å². The fourth-order valence-corrected chi connectivity index (χ4v) is 3.42. The number of halogens is 1. The summed E-state index contributed by atoms with van der Waals surface area (Å²) in [4.78, 5) is 15.4. The molecule has 0 saturated carbocycles. The molecular formula is C14H7BrN6O4S. The molecule has 0 bridgehead atoms. The minimum Gasteiger partial charge on any atom is -0.507 e. The smallest absolute Gasteiger partial charge is 0.300 e. The Morgan fingerprint density at radius 2 is 2.04 bits per heavy atom. The molecular weight excluding hydrogens is 428 g/mol. The van der Waals surface area contributed by atoms with Crippen LogP contribution in [0, 0.1) is 10.1 Å². The van der Waals surface area contributed by atoms with E-state index in [4.69, 9.17) is 0 Å². The molecule has 0 aliphatic carbocycles. The predicted molar refractivity (Wildman–Crippen MR) is 93.8 cm³/mol. The van der Waals surface area contributed by atoms with Crippen LogP contribution in [0.5, 0.6) is 5.75 Å². The van der Waals surface area contributed by atoms with Gasteiger partial charge in [-0.1, -0.05) is 15.9 Å². The zero-order valence-corrected chi connectivity index (χ0v) is 15.0. The monoisotopic (exact) mass is 434 g/mol. The molecule has 0 aliphatic rings. The summed E-state index contributed by atoms with van der Waals surface area (Å²) in [7, 11) is 0. The number of fused-ring (bicyclic) bond motifs is 1. The third kappa shape index (κ3) is 2.88. The fourth-order valence-electron chi connectivity index (χ4n) is 2.27. The topological polar surface area (TPSA) is 144 Å². The van der Waals surface area contributed by atoms with E-state index in [1.807, 2.05) is 0 Å². The zero-order valence-electron chi connectivity index (χ0n) is 12.6. The Morgan fingerprint density at radius 1 is 1.23 bits per heavy atom. The normalized spacial score (nSPS) is 11.1. The van der Waals surface area contributed by atoms with Gasteiger partial charge >= 0.3 is 5.69 Å². The van der Waals surface area contributed by atoms with Crippen molar-refractivity contribution in [3.8, 4) is 17.1 Å². The highest BCUT2D eigenvalue weighted by molar-refractivity contribution is 9.10. The quantitative estimate of drug-likeness (QED) is 0.363. The minimum atomic E-state index is -0.554. The van der Waals surface area contributed by atoms with Gasteiger partial charge in [0, 0.05) is 15.4 Å². The molecule has 0 unspecified atom stereocenters. The van der Waals surface area contributed by atoms with Crippen LogP contribution in [0.3, 0.4) is 0 Å². The molecule has 0 radical (unpaired) electrons. The summed E-state index contributed by atoms with van der Waals surface area (Å²) in [5.74, 6) is 0.432. The first kappa shape index (κ1) is 16.5. The number of nitro groups is 1. The fraction of sp³-hybridized carbons (Fsp3) is 0. The molecule has 2 heterocycles. The summed E-state index contributed by atoms with van der Waals surface area (Å²) >= 11 is 4.47. The lowest BCUT2D eigenvalue weighted by Crippen LogP contribution is -1.90. The number of non-ortho nitro benzene ring substituents is 1. The van der Waals surface area contributed by atoms with E-state index in [1.165, 1.54) is 18.2 Å². The number of rotatable bonds is 4. The van der Waals surface area contributed by atoms with Crippen molar-refractivity contribution in [2.75, 3.05) is 0 Å². The number of aromatic hydroxyl groups is 1. The molecule has 10 nitrogen and oxygen atoms in total. The third-order valence-electron chi connectivity index (χ3n) is 3.43. The van der Waals surface area contributed by atoms with Gasteiger partial charge in [0.05, 0.1) is 10.5 Å². The van der Waals surface area contributed by atoms with Gasteiger partial charge in [0.25, 0.3) is 0 Å². The van der Waals surface area contributed by atoms with Crippen LogP contribution in [0.2, 0.25) is 0 Å². The van der Waals surface area contributed by atoms with Crippen molar-refractivity contribution < 1.29 is 14.7 Å². The third-order valence-corrected chi connectivity index (χ3v) is 4.84. The van der Waals surface area contributed by atoms with Crippen molar-refractivity contribution in [1.29, 1.82) is 0 Å². The van der Waals surface area contributed by atoms with Crippen LogP contribution < -0.4 is 0 Å². The Labute approximate surface area is 156 Å². The van der Waals surface area contributed by atoms with Gasteiger partial charge in [-0.15, -0.1) is 5.10 Å². The van der Waals surface area contributed by atoms with Crippen LogP contribution in [-0.4, -0.2) is 35.5 Å². The number of hydrogen-bond donors (Lipinski definition) is 2. The minimum absolute atomic E-state index is 0.0549. The van der Waals surface area contributed by atoms with Crippen molar-refractivity contribution in [1.82, 2.24) is 25.5 Å². The molecule has 2 aromatic heterocycles. The molecule has 2 aromatic carbocycles. The standard InChI is InChI=1S/C14H7BrN6O4S/c15-6-1-3-9(22)7(5-6)13-16-14(18-17-13)26-10-4-2-8(21(23)24)11-12(10)20-25-19-11/h1-5,22H,(H,16,17,18). The molecule has 0 saturated heterocycles. The van der Waals surface area contributed by atoms with E-state index < -0.39 is 4.92 Å². The van der Waals surface area contributed by atoms with Gasteiger partial charge < -0.3 is 5.11 Å². The number of nitro benzene ring substituents is 1. The maximum Gasteiger partial charge on any atom is 0.300 e. The number of aromatic amines is 1.